The van der Waals surface area contributed by atoms with E-state index in [2.05, 4.69) is 20.8 Å². The Balaban J connectivity index is 1.35. The molecule has 0 aromatic heterocycles. The van der Waals surface area contributed by atoms with Gasteiger partial charge in [-0.05, 0) is 86.4 Å². The van der Waals surface area contributed by atoms with Crippen LogP contribution in [0.3, 0.4) is 0 Å². The molecular formula is C21H34O3. The lowest BCUT2D eigenvalue weighted by atomic mass is 9.73. The van der Waals surface area contributed by atoms with Crippen LogP contribution < -0.4 is 0 Å². The highest BCUT2D eigenvalue weighted by Gasteiger charge is 2.54. The van der Waals surface area contributed by atoms with E-state index in [1.807, 2.05) is 0 Å². The van der Waals surface area contributed by atoms with E-state index in [0.29, 0.717) is 23.7 Å². The Morgan fingerprint density at radius 3 is 2.54 bits per heavy atom. The number of hydrogen-bond donors (Lipinski definition) is 1. The van der Waals surface area contributed by atoms with Crippen LogP contribution >= 0.6 is 0 Å². The number of fused-ring (bicyclic) bond motifs is 4. The molecule has 24 heavy (non-hydrogen) atoms. The average Bonchev–Trinajstić information content (AvgIpc) is 3.29. The minimum absolute atomic E-state index is 0.152. The Labute approximate surface area is 146 Å². The first kappa shape index (κ1) is 16.9. The predicted molar refractivity (Wildman–Crippen MR) is 93.2 cm³/mol. The Morgan fingerprint density at radius 1 is 1.21 bits per heavy atom. The van der Waals surface area contributed by atoms with E-state index in [-0.39, 0.29) is 18.0 Å². The molecule has 0 aromatic carbocycles. The van der Waals surface area contributed by atoms with Gasteiger partial charge in [0.2, 0.25) is 0 Å². The molecule has 136 valence electrons. The number of aliphatic hydroxyl groups excluding tert-OH is 1. The number of carbonyl (C=O) groups excluding carboxylic acids is 1. The van der Waals surface area contributed by atoms with Gasteiger partial charge in [0.05, 0.1) is 12.5 Å². The van der Waals surface area contributed by atoms with Gasteiger partial charge in [-0.1, -0.05) is 20.8 Å². The molecule has 4 bridgehead atoms. The van der Waals surface area contributed by atoms with Gasteiger partial charge in [-0.3, -0.25) is 4.79 Å². The zero-order valence-electron chi connectivity index (χ0n) is 15.5. The number of aliphatic hydroxyl groups is 1. The molecule has 1 N–H and O–H groups in total. The first-order chi connectivity index (χ1) is 11.4. The van der Waals surface area contributed by atoms with E-state index in [1.54, 1.807) is 0 Å². The fourth-order valence-corrected chi connectivity index (χ4v) is 7.05. The van der Waals surface area contributed by atoms with Gasteiger partial charge < -0.3 is 9.84 Å². The van der Waals surface area contributed by atoms with E-state index in [4.69, 9.17) is 4.74 Å². The monoisotopic (exact) mass is 334 g/mol. The largest absolute Gasteiger partial charge is 0.459 e. The molecule has 0 spiro atoms. The second-order valence-electron chi connectivity index (χ2n) is 9.52. The maximum absolute atomic E-state index is 12.6. The summed E-state index contributed by atoms with van der Waals surface area (Å²) in [7, 11) is 0. The van der Waals surface area contributed by atoms with Crippen molar-refractivity contribution in [2.45, 2.75) is 83.8 Å². The highest BCUT2D eigenvalue weighted by Crippen LogP contribution is 2.57. The molecule has 3 heteroatoms. The molecule has 9 atom stereocenters. The van der Waals surface area contributed by atoms with Crippen molar-refractivity contribution in [1.29, 1.82) is 0 Å². The van der Waals surface area contributed by atoms with Gasteiger partial charge >= 0.3 is 5.97 Å². The maximum atomic E-state index is 12.6. The molecule has 0 amide bonds. The maximum Gasteiger partial charge on any atom is 0.308 e. The molecule has 4 fully saturated rings. The fraction of sp³-hybridized carbons (Fsp3) is 0.952. The summed E-state index contributed by atoms with van der Waals surface area (Å²) in [5.74, 6) is 4.32. The van der Waals surface area contributed by atoms with Crippen LogP contribution in [0.5, 0.6) is 0 Å². The molecule has 4 saturated carbocycles. The van der Waals surface area contributed by atoms with Crippen molar-refractivity contribution in [3.05, 3.63) is 0 Å². The van der Waals surface area contributed by atoms with Crippen molar-refractivity contribution >= 4 is 5.97 Å². The number of esters is 1. The molecular weight excluding hydrogens is 300 g/mol. The van der Waals surface area contributed by atoms with Crippen LogP contribution in [0.15, 0.2) is 0 Å². The summed E-state index contributed by atoms with van der Waals surface area (Å²) in [6, 6.07) is 0. The summed E-state index contributed by atoms with van der Waals surface area (Å²) in [6.45, 7) is 6.84. The molecule has 4 rings (SSSR count). The highest BCUT2D eigenvalue weighted by atomic mass is 16.6. The minimum Gasteiger partial charge on any atom is -0.459 e. The van der Waals surface area contributed by atoms with Gasteiger partial charge in [-0.25, -0.2) is 0 Å². The van der Waals surface area contributed by atoms with Crippen LogP contribution in [0.25, 0.3) is 0 Å². The van der Waals surface area contributed by atoms with Crippen molar-refractivity contribution in [3.63, 3.8) is 0 Å². The summed E-state index contributed by atoms with van der Waals surface area (Å²) in [4.78, 5) is 12.6. The molecule has 0 radical (unpaired) electrons. The Hall–Kier alpha value is -0.570. The van der Waals surface area contributed by atoms with Crippen LogP contribution in [-0.2, 0) is 9.53 Å². The molecule has 0 heterocycles. The smallest absolute Gasteiger partial charge is 0.308 e. The standard InChI is InChI=1S/C21H34O3/c1-4-21(11-14-5-6-16(21)7-14)24-20(23)10-19(22)18-9-15-8-17(18)13(3)12(15)2/h12-19,22H,4-11H2,1-3H3. The quantitative estimate of drug-likeness (QED) is 0.767. The van der Waals surface area contributed by atoms with Crippen LogP contribution in [0.4, 0.5) is 0 Å². The molecule has 9 unspecified atom stereocenters. The van der Waals surface area contributed by atoms with Crippen LogP contribution in [-0.4, -0.2) is 22.8 Å². The van der Waals surface area contributed by atoms with Gasteiger partial charge in [0.25, 0.3) is 0 Å². The minimum atomic E-state index is -0.505. The normalized spacial score (nSPS) is 50.4. The summed E-state index contributed by atoms with van der Waals surface area (Å²) in [5.41, 5.74) is -0.212. The third-order valence-corrected chi connectivity index (χ3v) is 8.65. The Morgan fingerprint density at radius 2 is 2.00 bits per heavy atom. The lowest BCUT2D eigenvalue weighted by Crippen LogP contribution is -2.41. The van der Waals surface area contributed by atoms with Crippen LogP contribution in [0.1, 0.15) is 72.1 Å². The van der Waals surface area contributed by atoms with Crippen molar-refractivity contribution < 1.29 is 14.6 Å². The second-order valence-corrected chi connectivity index (χ2v) is 9.52. The van der Waals surface area contributed by atoms with Gasteiger partial charge in [-0.2, -0.15) is 0 Å². The van der Waals surface area contributed by atoms with Crippen molar-refractivity contribution in [2.24, 2.45) is 41.4 Å². The molecule has 0 aromatic rings. The third kappa shape index (κ3) is 2.53. The first-order valence-electron chi connectivity index (χ1n) is 10.3. The number of rotatable bonds is 5. The molecule has 0 aliphatic heterocycles. The van der Waals surface area contributed by atoms with E-state index < -0.39 is 6.10 Å². The molecule has 4 aliphatic carbocycles. The van der Waals surface area contributed by atoms with Gasteiger partial charge in [0, 0.05) is 0 Å². The summed E-state index contributed by atoms with van der Waals surface area (Å²) >= 11 is 0. The van der Waals surface area contributed by atoms with Gasteiger partial charge in [-0.15, -0.1) is 0 Å². The van der Waals surface area contributed by atoms with Crippen LogP contribution in [0.2, 0.25) is 0 Å². The lowest BCUT2D eigenvalue weighted by Gasteiger charge is -2.38. The number of ether oxygens (including phenoxy) is 1. The third-order valence-electron chi connectivity index (χ3n) is 8.65. The predicted octanol–water partition coefficient (Wildman–Crippen LogP) is 4.18. The zero-order valence-corrected chi connectivity index (χ0v) is 15.5. The van der Waals surface area contributed by atoms with Gasteiger partial charge in [0.15, 0.2) is 0 Å². The summed E-state index contributed by atoms with van der Waals surface area (Å²) in [5, 5.41) is 10.7. The molecule has 0 saturated heterocycles. The number of hydrogen-bond acceptors (Lipinski definition) is 3. The van der Waals surface area contributed by atoms with E-state index >= 15 is 0 Å². The van der Waals surface area contributed by atoms with Crippen molar-refractivity contribution in [1.82, 2.24) is 0 Å². The molecule has 3 nitrogen and oxygen atoms in total. The number of carbonyl (C=O) groups is 1. The first-order valence-corrected chi connectivity index (χ1v) is 10.3. The van der Waals surface area contributed by atoms with E-state index in [1.165, 1.54) is 25.7 Å². The van der Waals surface area contributed by atoms with Crippen molar-refractivity contribution in [3.8, 4) is 0 Å². The second kappa shape index (κ2) is 6.00. The highest BCUT2D eigenvalue weighted by molar-refractivity contribution is 5.70. The summed E-state index contributed by atoms with van der Waals surface area (Å²) in [6.07, 6.45) is 7.81. The Bertz CT molecular complexity index is 501. The molecule has 4 aliphatic rings. The Kier molecular flexibility index (Phi) is 4.22. The zero-order chi connectivity index (χ0) is 17.1. The SMILES string of the molecule is CCC1(OC(=O)CC(O)C2CC3CC2C(C)C3C)CC2CCC1C2. The van der Waals surface area contributed by atoms with Gasteiger partial charge in [0.1, 0.15) is 5.60 Å². The average molecular weight is 335 g/mol. The van der Waals surface area contributed by atoms with Crippen molar-refractivity contribution in [2.75, 3.05) is 0 Å². The summed E-state index contributed by atoms with van der Waals surface area (Å²) < 4.78 is 6.04. The lowest BCUT2D eigenvalue weighted by molar-refractivity contribution is -0.169. The topological polar surface area (TPSA) is 46.5 Å². The van der Waals surface area contributed by atoms with E-state index in [9.17, 15) is 9.90 Å². The van der Waals surface area contributed by atoms with E-state index in [0.717, 1.165) is 37.0 Å². The fourth-order valence-electron chi connectivity index (χ4n) is 7.05. The van der Waals surface area contributed by atoms with Crippen LogP contribution in [0, 0.1) is 41.4 Å².